The lowest BCUT2D eigenvalue weighted by Crippen LogP contribution is -2.26. The summed E-state index contributed by atoms with van der Waals surface area (Å²) in [5.74, 6) is -0.745. The highest BCUT2D eigenvalue weighted by molar-refractivity contribution is 7.71. The number of carbonyl (C=O) groups excluding carboxylic acids is 2. The number of hydrogen-bond donors (Lipinski definition) is 2. The van der Waals surface area contributed by atoms with Crippen molar-refractivity contribution in [3.05, 3.63) is 105 Å². The number of esters is 1. The number of rotatable bonds is 6. The molecule has 33 heavy (non-hydrogen) atoms. The molecule has 2 N–H and O–H groups in total. The van der Waals surface area contributed by atoms with Crippen molar-refractivity contribution in [2.24, 2.45) is 0 Å². The molecule has 0 unspecified atom stereocenters. The van der Waals surface area contributed by atoms with E-state index in [0.717, 1.165) is 12.0 Å². The SMILES string of the molecule is COC(=O)c1ccc2c(=O)n(-c3cccc(C(=O)NCCc4ccccc4)c3)c(=S)[nH]c2c1. The summed E-state index contributed by atoms with van der Waals surface area (Å²) in [6, 6.07) is 21.2. The summed E-state index contributed by atoms with van der Waals surface area (Å²) in [7, 11) is 1.29. The Balaban J connectivity index is 1.61. The maximum atomic E-state index is 13.2. The first-order valence-electron chi connectivity index (χ1n) is 10.3. The van der Waals surface area contributed by atoms with Crippen molar-refractivity contribution in [3.8, 4) is 5.69 Å². The molecule has 1 heterocycles. The Morgan fingerprint density at radius 2 is 1.79 bits per heavy atom. The molecule has 1 amide bonds. The monoisotopic (exact) mass is 459 g/mol. The Morgan fingerprint density at radius 3 is 2.55 bits per heavy atom. The maximum absolute atomic E-state index is 13.2. The number of nitrogens with zero attached hydrogens (tertiary/aromatic N) is 1. The summed E-state index contributed by atoms with van der Waals surface area (Å²) in [6.45, 7) is 0.492. The second kappa shape index (κ2) is 9.62. The summed E-state index contributed by atoms with van der Waals surface area (Å²) in [5, 5.41) is 3.26. The van der Waals surface area contributed by atoms with Gasteiger partial charge in [-0.05, 0) is 60.6 Å². The molecule has 0 aliphatic heterocycles. The Labute approximate surface area is 194 Å². The summed E-state index contributed by atoms with van der Waals surface area (Å²) in [4.78, 5) is 40.6. The van der Waals surface area contributed by atoms with Gasteiger partial charge in [0.1, 0.15) is 0 Å². The van der Waals surface area contributed by atoms with Crippen molar-refractivity contribution in [2.45, 2.75) is 6.42 Å². The molecule has 0 atom stereocenters. The molecule has 0 aliphatic carbocycles. The van der Waals surface area contributed by atoms with Gasteiger partial charge in [-0.1, -0.05) is 36.4 Å². The Hall–Kier alpha value is -4.04. The summed E-state index contributed by atoms with van der Waals surface area (Å²) in [6.07, 6.45) is 0.717. The number of hydrogen-bond acceptors (Lipinski definition) is 5. The van der Waals surface area contributed by atoms with Gasteiger partial charge in [-0.2, -0.15) is 0 Å². The first-order valence-corrected chi connectivity index (χ1v) is 10.7. The average molecular weight is 460 g/mol. The van der Waals surface area contributed by atoms with E-state index < -0.39 is 5.97 Å². The van der Waals surface area contributed by atoms with Gasteiger partial charge < -0.3 is 15.0 Å². The lowest BCUT2D eigenvalue weighted by molar-refractivity contribution is 0.0600. The average Bonchev–Trinajstić information content (AvgIpc) is 2.84. The van der Waals surface area contributed by atoms with E-state index in [9.17, 15) is 14.4 Å². The summed E-state index contributed by atoms with van der Waals surface area (Å²) < 4.78 is 6.21. The maximum Gasteiger partial charge on any atom is 0.337 e. The molecule has 0 aliphatic rings. The van der Waals surface area contributed by atoms with E-state index in [0.29, 0.717) is 34.3 Å². The molecule has 0 fully saturated rings. The van der Waals surface area contributed by atoms with Crippen LogP contribution in [0, 0.1) is 4.77 Å². The molecule has 0 saturated carbocycles. The van der Waals surface area contributed by atoms with Crippen LogP contribution in [0.3, 0.4) is 0 Å². The number of carbonyl (C=O) groups is 2. The molecule has 0 radical (unpaired) electrons. The van der Waals surface area contributed by atoms with Crippen LogP contribution in [-0.4, -0.2) is 35.1 Å². The van der Waals surface area contributed by atoms with Gasteiger partial charge in [-0.15, -0.1) is 0 Å². The van der Waals surface area contributed by atoms with E-state index in [1.807, 2.05) is 30.3 Å². The normalized spacial score (nSPS) is 10.7. The predicted octanol–water partition coefficient (Wildman–Crippen LogP) is 3.81. The van der Waals surface area contributed by atoms with Crippen molar-refractivity contribution in [1.29, 1.82) is 0 Å². The minimum atomic E-state index is -0.508. The molecule has 4 rings (SSSR count). The van der Waals surface area contributed by atoms with Gasteiger partial charge in [0.25, 0.3) is 11.5 Å². The van der Waals surface area contributed by atoms with Gasteiger partial charge in [0.15, 0.2) is 4.77 Å². The van der Waals surface area contributed by atoms with Crippen LogP contribution in [0.2, 0.25) is 0 Å². The van der Waals surface area contributed by atoms with Crippen LogP contribution in [0.25, 0.3) is 16.6 Å². The zero-order valence-corrected chi connectivity index (χ0v) is 18.6. The third-order valence-corrected chi connectivity index (χ3v) is 5.51. The van der Waals surface area contributed by atoms with Crippen LogP contribution >= 0.6 is 12.2 Å². The zero-order chi connectivity index (χ0) is 23.4. The van der Waals surface area contributed by atoms with Gasteiger partial charge in [-0.3, -0.25) is 14.2 Å². The van der Waals surface area contributed by atoms with Crippen molar-refractivity contribution in [3.63, 3.8) is 0 Å². The van der Waals surface area contributed by atoms with E-state index in [1.165, 1.54) is 23.8 Å². The number of aromatic nitrogens is 2. The standard InChI is InChI=1S/C25H21N3O4S/c1-32-24(31)18-10-11-20-21(15-18)27-25(33)28(23(20)30)19-9-5-8-17(14-19)22(29)26-13-12-16-6-3-2-4-7-16/h2-11,14-15H,12-13H2,1H3,(H,26,29)(H,27,33). The molecule has 0 saturated heterocycles. The molecule has 8 heteroatoms. The third kappa shape index (κ3) is 4.75. The highest BCUT2D eigenvalue weighted by Crippen LogP contribution is 2.15. The van der Waals surface area contributed by atoms with Crippen LogP contribution in [-0.2, 0) is 11.2 Å². The first-order chi connectivity index (χ1) is 16.0. The number of ether oxygens (including phenoxy) is 1. The van der Waals surface area contributed by atoms with Gasteiger partial charge in [0.05, 0.1) is 29.3 Å². The number of benzene rings is 3. The van der Waals surface area contributed by atoms with Crippen LogP contribution < -0.4 is 10.9 Å². The fraction of sp³-hybridized carbons (Fsp3) is 0.120. The van der Waals surface area contributed by atoms with Crippen molar-refractivity contribution in [2.75, 3.05) is 13.7 Å². The molecule has 1 aromatic heterocycles. The summed E-state index contributed by atoms with van der Waals surface area (Å²) in [5.41, 5.74) is 2.41. The lowest BCUT2D eigenvalue weighted by Gasteiger charge is -2.11. The van der Waals surface area contributed by atoms with E-state index >= 15 is 0 Å². The lowest BCUT2D eigenvalue weighted by atomic mass is 10.1. The highest BCUT2D eigenvalue weighted by Gasteiger charge is 2.13. The van der Waals surface area contributed by atoms with Crippen molar-refractivity contribution >= 4 is 35.0 Å². The molecule has 0 bridgehead atoms. The Kier molecular flexibility index (Phi) is 6.46. The fourth-order valence-electron chi connectivity index (χ4n) is 3.55. The smallest absolute Gasteiger partial charge is 0.337 e. The zero-order valence-electron chi connectivity index (χ0n) is 17.8. The number of nitrogens with one attached hydrogen (secondary N) is 2. The van der Waals surface area contributed by atoms with Crippen LogP contribution in [0.4, 0.5) is 0 Å². The van der Waals surface area contributed by atoms with Gasteiger partial charge in [0.2, 0.25) is 0 Å². The molecular weight excluding hydrogens is 438 g/mol. The van der Waals surface area contributed by atoms with E-state index in [-0.39, 0.29) is 16.2 Å². The highest BCUT2D eigenvalue weighted by atomic mass is 32.1. The molecule has 4 aromatic rings. The number of aromatic amines is 1. The first kappa shape index (κ1) is 22.2. The molecule has 3 aromatic carbocycles. The van der Waals surface area contributed by atoms with E-state index in [1.54, 1.807) is 30.3 Å². The van der Waals surface area contributed by atoms with Crippen molar-refractivity contribution < 1.29 is 14.3 Å². The predicted molar refractivity (Wildman–Crippen MR) is 129 cm³/mol. The van der Waals surface area contributed by atoms with Gasteiger partial charge >= 0.3 is 5.97 Å². The number of amides is 1. The van der Waals surface area contributed by atoms with Crippen LogP contribution in [0.15, 0.2) is 77.6 Å². The fourth-order valence-corrected chi connectivity index (χ4v) is 3.85. The topological polar surface area (TPSA) is 93.2 Å². The minimum absolute atomic E-state index is 0.149. The molecular formula is C25H21N3O4S. The van der Waals surface area contributed by atoms with Gasteiger partial charge in [0, 0.05) is 12.1 Å². The number of fused-ring (bicyclic) bond motifs is 1. The van der Waals surface area contributed by atoms with Crippen LogP contribution in [0.5, 0.6) is 0 Å². The molecule has 0 spiro atoms. The number of H-pyrrole nitrogens is 1. The second-order valence-corrected chi connectivity index (χ2v) is 7.75. The quantitative estimate of drug-likeness (QED) is 0.338. The van der Waals surface area contributed by atoms with Crippen molar-refractivity contribution in [1.82, 2.24) is 14.9 Å². The molecule has 7 nitrogen and oxygen atoms in total. The largest absolute Gasteiger partial charge is 0.465 e. The van der Waals surface area contributed by atoms with Gasteiger partial charge in [-0.25, -0.2) is 4.79 Å². The minimum Gasteiger partial charge on any atom is -0.465 e. The van der Waals surface area contributed by atoms with E-state index in [4.69, 9.17) is 17.0 Å². The molecule has 166 valence electrons. The number of methoxy groups -OCH3 is 1. The third-order valence-electron chi connectivity index (χ3n) is 5.23. The second-order valence-electron chi connectivity index (χ2n) is 7.36. The Bertz CT molecular complexity index is 1460. The van der Waals surface area contributed by atoms with E-state index in [2.05, 4.69) is 10.3 Å². The Morgan fingerprint density at radius 1 is 1.00 bits per heavy atom. The summed E-state index contributed by atoms with van der Waals surface area (Å²) >= 11 is 5.41. The van der Waals surface area contributed by atoms with Crippen LogP contribution in [0.1, 0.15) is 26.3 Å².